The van der Waals surface area contributed by atoms with E-state index in [0.29, 0.717) is 31.7 Å². The highest BCUT2D eigenvalue weighted by molar-refractivity contribution is 5.87. The van der Waals surface area contributed by atoms with Crippen molar-refractivity contribution in [3.05, 3.63) is 36.5 Å². The SMILES string of the molecule is O=C(NCC1(O)CCOCC1)Nc1nncc(-c2ccccc2)n1. The number of hydrogen-bond acceptors (Lipinski definition) is 6. The quantitative estimate of drug-likeness (QED) is 0.778. The zero-order valence-corrected chi connectivity index (χ0v) is 13.1. The van der Waals surface area contributed by atoms with Crippen LogP contribution in [0, 0.1) is 0 Å². The molecule has 2 amide bonds. The number of urea groups is 1. The number of carbonyl (C=O) groups is 1. The number of rotatable bonds is 4. The lowest BCUT2D eigenvalue weighted by Crippen LogP contribution is -2.47. The van der Waals surface area contributed by atoms with Gasteiger partial charge >= 0.3 is 6.03 Å². The van der Waals surface area contributed by atoms with Crippen molar-refractivity contribution in [3.8, 4) is 11.3 Å². The summed E-state index contributed by atoms with van der Waals surface area (Å²) in [4.78, 5) is 16.2. The van der Waals surface area contributed by atoms with E-state index >= 15 is 0 Å². The van der Waals surface area contributed by atoms with Gasteiger partial charge in [-0.3, -0.25) is 5.32 Å². The number of benzene rings is 1. The summed E-state index contributed by atoms with van der Waals surface area (Å²) in [6.45, 7) is 1.13. The van der Waals surface area contributed by atoms with Gasteiger partial charge in [-0.25, -0.2) is 9.78 Å². The fourth-order valence-corrected chi connectivity index (χ4v) is 2.42. The van der Waals surface area contributed by atoms with E-state index in [1.54, 1.807) is 0 Å². The highest BCUT2D eigenvalue weighted by Gasteiger charge is 2.30. The molecule has 126 valence electrons. The van der Waals surface area contributed by atoms with Crippen LogP contribution in [0.1, 0.15) is 12.8 Å². The smallest absolute Gasteiger partial charge is 0.321 e. The van der Waals surface area contributed by atoms with Crippen LogP contribution in [-0.4, -0.2) is 51.7 Å². The Hall–Kier alpha value is -2.58. The van der Waals surface area contributed by atoms with Crippen molar-refractivity contribution in [3.63, 3.8) is 0 Å². The molecule has 1 aliphatic heterocycles. The Morgan fingerprint density at radius 3 is 2.75 bits per heavy atom. The monoisotopic (exact) mass is 329 g/mol. The number of carbonyl (C=O) groups excluding carboxylic acids is 1. The van der Waals surface area contributed by atoms with Crippen molar-refractivity contribution >= 4 is 12.0 Å². The molecular formula is C16H19N5O3. The van der Waals surface area contributed by atoms with E-state index in [9.17, 15) is 9.90 Å². The van der Waals surface area contributed by atoms with Crippen LogP contribution in [0.3, 0.4) is 0 Å². The summed E-state index contributed by atoms with van der Waals surface area (Å²) in [5.74, 6) is 0.104. The highest BCUT2D eigenvalue weighted by atomic mass is 16.5. The Bertz CT molecular complexity index is 689. The molecule has 1 aliphatic rings. The molecule has 1 aromatic heterocycles. The molecule has 1 fully saturated rings. The van der Waals surface area contributed by atoms with Gasteiger partial charge < -0.3 is 15.2 Å². The van der Waals surface area contributed by atoms with Crippen molar-refractivity contribution < 1.29 is 14.6 Å². The number of hydrogen-bond donors (Lipinski definition) is 3. The van der Waals surface area contributed by atoms with Crippen molar-refractivity contribution in [1.29, 1.82) is 0 Å². The van der Waals surface area contributed by atoms with Gasteiger partial charge in [0.2, 0.25) is 0 Å². The maximum absolute atomic E-state index is 12.0. The number of aliphatic hydroxyl groups is 1. The fourth-order valence-electron chi connectivity index (χ4n) is 2.42. The molecule has 3 rings (SSSR count). The molecule has 0 atom stereocenters. The molecule has 0 spiro atoms. The van der Waals surface area contributed by atoms with Crippen molar-refractivity contribution in [1.82, 2.24) is 20.5 Å². The van der Waals surface area contributed by atoms with Crippen LogP contribution >= 0.6 is 0 Å². The van der Waals surface area contributed by atoms with Crippen LogP contribution in [-0.2, 0) is 4.74 Å². The van der Waals surface area contributed by atoms with Gasteiger partial charge in [-0.15, -0.1) is 5.10 Å². The zero-order chi connectivity index (χ0) is 16.8. The van der Waals surface area contributed by atoms with E-state index < -0.39 is 11.6 Å². The number of ether oxygens (including phenoxy) is 1. The van der Waals surface area contributed by atoms with Crippen LogP contribution in [0.2, 0.25) is 0 Å². The van der Waals surface area contributed by atoms with Crippen molar-refractivity contribution in [2.75, 3.05) is 25.1 Å². The maximum Gasteiger partial charge on any atom is 0.321 e. The molecule has 24 heavy (non-hydrogen) atoms. The first-order valence-electron chi connectivity index (χ1n) is 7.75. The average molecular weight is 329 g/mol. The van der Waals surface area contributed by atoms with E-state index in [4.69, 9.17) is 4.74 Å². The minimum absolute atomic E-state index is 0.104. The van der Waals surface area contributed by atoms with Gasteiger partial charge in [0, 0.05) is 38.2 Å². The first-order valence-corrected chi connectivity index (χ1v) is 7.75. The number of nitrogens with one attached hydrogen (secondary N) is 2. The molecule has 2 aromatic rings. The third-order valence-corrected chi connectivity index (χ3v) is 3.86. The van der Waals surface area contributed by atoms with E-state index in [-0.39, 0.29) is 12.5 Å². The van der Waals surface area contributed by atoms with Crippen LogP contribution in [0.25, 0.3) is 11.3 Å². The third kappa shape index (κ3) is 4.24. The lowest BCUT2D eigenvalue weighted by atomic mass is 9.94. The summed E-state index contributed by atoms with van der Waals surface area (Å²) < 4.78 is 5.21. The van der Waals surface area contributed by atoms with E-state index in [1.807, 2.05) is 30.3 Å². The maximum atomic E-state index is 12.0. The Morgan fingerprint density at radius 1 is 1.25 bits per heavy atom. The molecule has 0 bridgehead atoms. The van der Waals surface area contributed by atoms with Gasteiger partial charge in [-0.05, 0) is 0 Å². The van der Waals surface area contributed by atoms with E-state index in [2.05, 4.69) is 25.8 Å². The Labute approximate surface area is 139 Å². The molecule has 8 heteroatoms. The van der Waals surface area contributed by atoms with Gasteiger partial charge in [0.1, 0.15) is 0 Å². The Morgan fingerprint density at radius 2 is 2.00 bits per heavy atom. The number of anilines is 1. The molecule has 0 radical (unpaired) electrons. The van der Waals surface area contributed by atoms with Crippen LogP contribution < -0.4 is 10.6 Å². The molecule has 0 unspecified atom stereocenters. The standard InChI is InChI=1S/C16H19N5O3/c22-15(17-11-16(23)6-8-24-9-7-16)20-14-19-13(10-18-21-14)12-4-2-1-3-5-12/h1-5,10,23H,6-9,11H2,(H2,17,19,20,21,22). The van der Waals surface area contributed by atoms with Gasteiger partial charge in [-0.1, -0.05) is 30.3 Å². The van der Waals surface area contributed by atoms with Gasteiger partial charge in [0.25, 0.3) is 5.95 Å². The number of aromatic nitrogens is 3. The Balaban J connectivity index is 1.58. The van der Waals surface area contributed by atoms with Crippen LogP contribution in [0.4, 0.5) is 10.7 Å². The second kappa shape index (κ2) is 7.33. The lowest BCUT2D eigenvalue weighted by Gasteiger charge is -2.31. The first kappa shape index (κ1) is 16.3. The molecule has 1 saturated heterocycles. The fraction of sp³-hybridized carbons (Fsp3) is 0.375. The minimum atomic E-state index is -0.930. The second-order valence-corrected chi connectivity index (χ2v) is 5.68. The van der Waals surface area contributed by atoms with E-state index in [0.717, 1.165) is 5.56 Å². The summed E-state index contributed by atoms with van der Waals surface area (Å²) in [7, 11) is 0. The van der Waals surface area contributed by atoms with Gasteiger partial charge in [-0.2, -0.15) is 5.10 Å². The van der Waals surface area contributed by atoms with Crippen LogP contribution in [0.15, 0.2) is 36.5 Å². The van der Waals surface area contributed by atoms with Crippen LogP contribution in [0.5, 0.6) is 0 Å². The summed E-state index contributed by atoms with van der Waals surface area (Å²) in [5, 5.41) is 23.1. The lowest BCUT2D eigenvalue weighted by molar-refractivity contribution is -0.0598. The van der Waals surface area contributed by atoms with Crippen molar-refractivity contribution in [2.45, 2.75) is 18.4 Å². The largest absolute Gasteiger partial charge is 0.388 e. The zero-order valence-electron chi connectivity index (χ0n) is 13.1. The van der Waals surface area contributed by atoms with E-state index in [1.165, 1.54) is 6.20 Å². The molecular weight excluding hydrogens is 310 g/mol. The molecule has 8 nitrogen and oxygen atoms in total. The molecule has 0 aliphatic carbocycles. The van der Waals surface area contributed by atoms with Gasteiger partial charge in [0.05, 0.1) is 17.5 Å². The molecule has 2 heterocycles. The topological polar surface area (TPSA) is 109 Å². The summed E-state index contributed by atoms with van der Waals surface area (Å²) >= 11 is 0. The number of nitrogens with zero attached hydrogens (tertiary/aromatic N) is 3. The molecule has 0 saturated carbocycles. The normalized spacial score (nSPS) is 16.4. The minimum Gasteiger partial charge on any atom is -0.388 e. The molecule has 3 N–H and O–H groups in total. The predicted molar refractivity (Wildman–Crippen MR) is 87.3 cm³/mol. The summed E-state index contributed by atoms with van der Waals surface area (Å²) in [6, 6.07) is 9.01. The van der Waals surface area contributed by atoms with Crippen molar-refractivity contribution in [2.24, 2.45) is 0 Å². The average Bonchev–Trinajstić information content (AvgIpc) is 2.62. The summed E-state index contributed by atoms with van der Waals surface area (Å²) in [5.41, 5.74) is 0.567. The van der Waals surface area contributed by atoms with Gasteiger partial charge in [0.15, 0.2) is 0 Å². The molecule has 1 aromatic carbocycles. The summed E-state index contributed by atoms with van der Waals surface area (Å²) in [6.07, 6.45) is 2.52. The highest BCUT2D eigenvalue weighted by Crippen LogP contribution is 2.19. The number of amides is 2. The third-order valence-electron chi connectivity index (χ3n) is 3.86. The Kier molecular flexibility index (Phi) is 4.97. The predicted octanol–water partition coefficient (Wildman–Crippen LogP) is 1.20. The second-order valence-electron chi connectivity index (χ2n) is 5.68. The first-order chi connectivity index (χ1) is 11.6.